The van der Waals surface area contributed by atoms with Gasteiger partial charge in [0.15, 0.2) is 0 Å². The summed E-state index contributed by atoms with van der Waals surface area (Å²) in [5.74, 6) is -2.71. The zero-order chi connectivity index (χ0) is 9.35. The number of alkyl halides is 2. The van der Waals surface area contributed by atoms with E-state index >= 15 is 0 Å². The number of rotatable bonds is 1. The number of hydrogen-bond donors (Lipinski definition) is 1. The fourth-order valence-corrected chi connectivity index (χ4v) is 0.948. The number of pyridine rings is 1. The quantitative estimate of drug-likeness (QED) is 0.704. The first-order chi connectivity index (χ1) is 5.39. The van der Waals surface area contributed by atoms with Gasteiger partial charge in [0.1, 0.15) is 5.82 Å². The Bertz CT molecular complexity index is 271. The largest absolute Gasteiger partial charge is 0.384 e. The molecule has 0 radical (unpaired) electrons. The highest BCUT2D eigenvalue weighted by Gasteiger charge is 2.24. The van der Waals surface area contributed by atoms with Crippen LogP contribution in [0, 0.1) is 6.92 Å². The monoisotopic (exact) mass is 172 g/mol. The molecule has 2 nitrogen and oxygen atoms in total. The highest BCUT2D eigenvalue weighted by Crippen LogP contribution is 2.27. The van der Waals surface area contributed by atoms with E-state index in [0.29, 0.717) is 5.69 Å². The van der Waals surface area contributed by atoms with Crippen molar-refractivity contribution >= 4 is 5.82 Å². The van der Waals surface area contributed by atoms with Crippen LogP contribution in [0.1, 0.15) is 18.2 Å². The smallest absolute Gasteiger partial charge is 0.270 e. The zero-order valence-corrected chi connectivity index (χ0v) is 6.94. The van der Waals surface area contributed by atoms with Crippen molar-refractivity contribution in [2.75, 3.05) is 5.73 Å². The summed E-state index contributed by atoms with van der Waals surface area (Å²) in [5, 5.41) is 0. The van der Waals surface area contributed by atoms with Crippen molar-refractivity contribution in [1.29, 1.82) is 0 Å². The molecule has 0 saturated carbocycles. The minimum Gasteiger partial charge on any atom is -0.384 e. The number of aromatic nitrogens is 1. The molecule has 4 heteroatoms. The van der Waals surface area contributed by atoms with Gasteiger partial charge in [-0.05, 0) is 19.1 Å². The van der Waals surface area contributed by atoms with E-state index in [0.717, 1.165) is 6.92 Å². The van der Waals surface area contributed by atoms with Crippen LogP contribution in [0.3, 0.4) is 0 Å². The third-order valence-corrected chi connectivity index (χ3v) is 1.48. The lowest BCUT2D eigenvalue weighted by molar-refractivity contribution is 0.0174. The summed E-state index contributed by atoms with van der Waals surface area (Å²) in [6.07, 6.45) is 0. The van der Waals surface area contributed by atoms with Crippen molar-refractivity contribution in [2.45, 2.75) is 19.8 Å². The van der Waals surface area contributed by atoms with Crippen LogP contribution in [0.5, 0.6) is 0 Å². The fourth-order valence-electron chi connectivity index (χ4n) is 0.948. The molecular formula is C8H10F2N2. The Kier molecular flexibility index (Phi) is 2.00. The molecule has 0 unspecified atom stereocenters. The average molecular weight is 172 g/mol. The summed E-state index contributed by atoms with van der Waals surface area (Å²) in [7, 11) is 0. The van der Waals surface area contributed by atoms with Crippen LogP contribution in [-0.2, 0) is 5.92 Å². The highest BCUT2D eigenvalue weighted by atomic mass is 19.3. The number of aryl methyl sites for hydroxylation is 1. The standard InChI is InChI=1S/C8H10F2N2/c1-5-3-6(8(2,9)10)4-7(11)12-5/h3-4H,1-2H3,(H2,11,12). The maximum Gasteiger partial charge on any atom is 0.270 e. The van der Waals surface area contributed by atoms with E-state index in [1.54, 1.807) is 6.92 Å². The van der Waals surface area contributed by atoms with Crippen LogP contribution in [-0.4, -0.2) is 4.98 Å². The van der Waals surface area contributed by atoms with Gasteiger partial charge in [0.2, 0.25) is 0 Å². The molecule has 1 heterocycles. The molecule has 0 spiro atoms. The minimum absolute atomic E-state index is 0.0903. The summed E-state index contributed by atoms with van der Waals surface area (Å²) >= 11 is 0. The van der Waals surface area contributed by atoms with Crippen LogP contribution in [0.15, 0.2) is 12.1 Å². The maximum absolute atomic E-state index is 12.7. The molecule has 0 saturated heterocycles. The maximum atomic E-state index is 12.7. The topological polar surface area (TPSA) is 38.9 Å². The van der Waals surface area contributed by atoms with Crippen molar-refractivity contribution in [1.82, 2.24) is 4.98 Å². The number of anilines is 1. The van der Waals surface area contributed by atoms with Crippen molar-refractivity contribution in [3.63, 3.8) is 0 Å². The molecule has 0 atom stereocenters. The molecule has 66 valence electrons. The Labute approximate surface area is 69.4 Å². The number of halogens is 2. The van der Waals surface area contributed by atoms with E-state index < -0.39 is 5.92 Å². The Morgan fingerprint density at radius 2 is 2.00 bits per heavy atom. The van der Waals surface area contributed by atoms with E-state index in [-0.39, 0.29) is 11.4 Å². The second-order valence-corrected chi connectivity index (χ2v) is 2.81. The van der Waals surface area contributed by atoms with Crippen LogP contribution < -0.4 is 5.73 Å². The first kappa shape index (κ1) is 8.90. The molecule has 0 amide bonds. The third-order valence-electron chi connectivity index (χ3n) is 1.48. The van der Waals surface area contributed by atoms with Gasteiger partial charge in [-0.3, -0.25) is 0 Å². The molecular weight excluding hydrogens is 162 g/mol. The lowest BCUT2D eigenvalue weighted by Gasteiger charge is -2.11. The SMILES string of the molecule is Cc1cc(C(C)(F)F)cc(N)n1. The molecule has 1 aromatic heterocycles. The lowest BCUT2D eigenvalue weighted by Crippen LogP contribution is -2.08. The van der Waals surface area contributed by atoms with E-state index in [1.807, 2.05) is 0 Å². The van der Waals surface area contributed by atoms with E-state index in [2.05, 4.69) is 4.98 Å². The number of hydrogen-bond acceptors (Lipinski definition) is 2. The molecule has 12 heavy (non-hydrogen) atoms. The second kappa shape index (κ2) is 2.69. The molecule has 0 aliphatic rings. The highest BCUT2D eigenvalue weighted by molar-refractivity contribution is 5.36. The number of nitrogens with two attached hydrogens (primary N) is 1. The number of nitrogen functional groups attached to an aromatic ring is 1. The molecule has 0 bridgehead atoms. The molecule has 1 rings (SSSR count). The van der Waals surface area contributed by atoms with Gasteiger partial charge in [0.25, 0.3) is 5.92 Å². The summed E-state index contributed by atoms with van der Waals surface area (Å²) in [6.45, 7) is 2.47. The predicted molar refractivity (Wildman–Crippen MR) is 43.0 cm³/mol. The first-order valence-corrected chi connectivity index (χ1v) is 3.52. The van der Waals surface area contributed by atoms with Gasteiger partial charge in [-0.1, -0.05) is 0 Å². The third kappa shape index (κ3) is 1.90. The molecule has 2 N–H and O–H groups in total. The van der Waals surface area contributed by atoms with Gasteiger partial charge in [0.05, 0.1) is 0 Å². The molecule has 1 aromatic rings. The number of nitrogens with zero attached hydrogens (tertiary/aromatic N) is 1. The summed E-state index contributed by atoms with van der Waals surface area (Å²) in [6, 6.07) is 2.52. The summed E-state index contributed by atoms with van der Waals surface area (Å²) in [5.41, 5.74) is 5.73. The van der Waals surface area contributed by atoms with Crippen molar-refractivity contribution in [3.8, 4) is 0 Å². The van der Waals surface area contributed by atoms with Crippen LogP contribution in [0.25, 0.3) is 0 Å². The Morgan fingerprint density at radius 1 is 1.42 bits per heavy atom. The lowest BCUT2D eigenvalue weighted by atomic mass is 10.1. The van der Waals surface area contributed by atoms with Gasteiger partial charge in [-0.2, -0.15) is 0 Å². The molecule has 0 aliphatic carbocycles. The molecule has 0 fully saturated rings. The van der Waals surface area contributed by atoms with Crippen molar-refractivity contribution in [3.05, 3.63) is 23.4 Å². The van der Waals surface area contributed by atoms with Crippen LogP contribution in [0.2, 0.25) is 0 Å². The average Bonchev–Trinajstić information content (AvgIpc) is 1.82. The summed E-state index contributed by atoms with van der Waals surface area (Å²) in [4.78, 5) is 3.79. The minimum atomic E-state index is -2.85. The van der Waals surface area contributed by atoms with Gasteiger partial charge >= 0.3 is 0 Å². The van der Waals surface area contributed by atoms with E-state index in [9.17, 15) is 8.78 Å². The Morgan fingerprint density at radius 3 is 2.42 bits per heavy atom. The van der Waals surface area contributed by atoms with Crippen molar-refractivity contribution < 1.29 is 8.78 Å². The second-order valence-electron chi connectivity index (χ2n) is 2.81. The Hall–Kier alpha value is -1.19. The normalized spacial score (nSPS) is 11.7. The fraction of sp³-hybridized carbons (Fsp3) is 0.375. The van der Waals surface area contributed by atoms with Gasteiger partial charge in [-0.15, -0.1) is 0 Å². The van der Waals surface area contributed by atoms with E-state index in [1.165, 1.54) is 12.1 Å². The Balaban J connectivity index is 3.18. The van der Waals surface area contributed by atoms with Crippen LogP contribution in [0.4, 0.5) is 14.6 Å². The summed E-state index contributed by atoms with van der Waals surface area (Å²) < 4.78 is 25.5. The van der Waals surface area contributed by atoms with Gasteiger partial charge < -0.3 is 5.73 Å². The molecule has 0 aromatic carbocycles. The van der Waals surface area contributed by atoms with Gasteiger partial charge in [0, 0.05) is 18.2 Å². The zero-order valence-electron chi connectivity index (χ0n) is 6.94. The van der Waals surface area contributed by atoms with Crippen molar-refractivity contribution in [2.24, 2.45) is 0 Å². The van der Waals surface area contributed by atoms with Gasteiger partial charge in [-0.25, -0.2) is 13.8 Å². The first-order valence-electron chi connectivity index (χ1n) is 3.52. The van der Waals surface area contributed by atoms with E-state index in [4.69, 9.17) is 5.73 Å². The molecule has 0 aliphatic heterocycles. The van der Waals surface area contributed by atoms with Crippen LogP contribution >= 0.6 is 0 Å². The predicted octanol–water partition coefficient (Wildman–Crippen LogP) is 2.08.